The predicted octanol–water partition coefficient (Wildman–Crippen LogP) is 4.39. The molecular formula is C13H24. The molecule has 0 nitrogen and oxygen atoms in total. The van der Waals surface area contributed by atoms with Crippen molar-refractivity contribution < 1.29 is 0 Å². The van der Waals surface area contributed by atoms with Gasteiger partial charge in [0, 0.05) is 0 Å². The topological polar surface area (TPSA) is 0 Å². The van der Waals surface area contributed by atoms with Crippen LogP contribution in [0.4, 0.5) is 0 Å². The molecule has 76 valence electrons. The maximum atomic E-state index is 2.57. The molecule has 0 aromatic heterocycles. The summed E-state index contributed by atoms with van der Waals surface area (Å²) >= 11 is 0. The van der Waals surface area contributed by atoms with Crippen LogP contribution in [0.2, 0.25) is 0 Å². The van der Waals surface area contributed by atoms with Gasteiger partial charge < -0.3 is 0 Å². The van der Waals surface area contributed by atoms with Crippen LogP contribution < -0.4 is 0 Å². The maximum absolute atomic E-state index is 2.57. The van der Waals surface area contributed by atoms with Crippen LogP contribution in [0.15, 0.2) is 0 Å². The van der Waals surface area contributed by atoms with Crippen molar-refractivity contribution in [3.05, 3.63) is 0 Å². The van der Waals surface area contributed by atoms with Crippen molar-refractivity contribution in [2.24, 2.45) is 16.7 Å². The van der Waals surface area contributed by atoms with E-state index in [1.807, 2.05) is 0 Å². The van der Waals surface area contributed by atoms with Crippen molar-refractivity contribution in [1.29, 1.82) is 0 Å². The van der Waals surface area contributed by atoms with Gasteiger partial charge >= 0.3 is 0 Å². The van der Waals surface area contributed by atoms with Gasteiger partial charge in [-0.15, -0.1) is 0 Å². The van der Waals surface area contributed by atoms with E-state index >= 15 is 0 Å². The molecule has 2 rings (SSSR count). The molecule has 0 bridgehead atoms. The first-order valence-corrected chi connectivity index (χ1v) is 6.15. The molecule has 0 aromatic carbocycles. The van der Waals surface area contributed by atoms with E-state index in [9.17, 15) is 0 Å². The van der Waals surface area contributed by atoms with Crippen molar-refractivity contribution in [2.75, 3.05) is 0 Å². The van der Waals surface area contributed by atoms with E-state index in [2.05, 4.69) is 20.8 Å². The molecule has 0 radical (unpaired) electrons. The molecule has 2 atom stereocenters. The molecule has 0 saturated heterocycles. The van der Waals surface area contributed by atoms with E-state index in [4.69, 9.17) is 0 Å². The van der Waals surface area contributed by atoms with Crippen LogP contribution in [0, 0.1) is 16.7 Å². The molecule has 0 aliphatic heterocycles. The molecule has 0 amide bonds. The molecule has 0 N–H and O–H groups in total. The van der Waals surface area contributed by atoms with Gasteiger partial charge in [0.15, 0.2) is 0 Å². The fourth-order valence-corrected chi connectivity index (χ4v) is 4.03. The van der Waals surface area contributed by atoms with Gasteiger partial charge in [0.1, 0.15) is 0 Å². The summed E-state index contributed by atoms with van der Waals surface area (Å²) in [6.07, 6.45) is 10.4. The van der Waals surface area contributed by atoms with E-state index in [1.54, 1.807) is 0 Å². The lowest BCUT2D eigenvalue weighted by Crippen LogP contribution is -2.48. The fourth-order valence-electron chi connectivity index (χ4n) is 4.03. The van der Waals surface area contributed by atoms with E-state index in [1.165, 1.54) is 44.9 Å². The van der Waals surface area contributed by atoms with Gasteiger partial charge in [0.25, 0.3) is 0 Å². The second kappa shape index (κ2) is 3.00. The summed E-state index contributed by atoms with van der Waals surface area (Å²) in [4.78, 5) is 0. The normalized spacial score (nSPS) is 43.2. The van der Waals surface area contributed by atoms with Gasteiger partial charge in [-0.05, 0) is 48.9 Å². The third kappa shape index (κ3) is 1.10. The zero-order chi connectivity index (χ0) is 9.53. The van der Waals surface area contributed by atoms with Gasteiger partial charge in [-0.2, -0.15) is 0 Å². The molecule has 2 aliphatic rings. The first kappa shape index (κ1) is 9.55. The summed E-state index contributed by atoms with van der Waals surface area (Å²) in [6, 6.07) is 0. The van der Waals surface area contributed by atoms with Crippen molar-refractivity contribution in [2.45, 2.75) is 65.7 Å². The van der Waals surface area contributed by atoms with Crippen molar-refractivity contribution in [1.82, 2.24) is 0 Å². The quantitative estimate of drug-likeness (QED) is 0.591. The molecule has 2 unspecified atom stereocenters. The lowest BCUT2D eigenvalue weighted by molar-refractivity contribution is -0.0781. The van der Waals surface area contributed by atoms with Crippen LogP contribution in [0.25, 0.3) is 0 Å². The molecule has 0 spiro atoms. The Bertz CT molecular complexity index is 188. The van der Waals surface area contributed by atoms with Gasteiger partial charge in [0.2, 0.25) is 0 Å². The van der Waals surface area contributed by atoms with Crippen LogP contribution in [0.5, 0.6) is 0 Å². The molecule has 0 aromatic rings. The zero-order valence-electron chi connectivity index (χ0n) is 9.53. The van der Waals surface area contributed by atoms with Gasteiger partial charge in [-0.1, -0.05) is 33.6 Å². The molecule has 2 aliphatic carbocycles. The molecule has 0 heteroatoms. The Morgan fingerprint density at radius 3 is 2.08 bits per heavy atom. The minimum absolute atomic E-state index is 0.707. The Balaban J connectivity index is 2.20. The summed E-state index contributed by atoms with van der Waals surface area (Å²) in [5.41, 5.74) is 1.45. The molecular weight excluding hydrogens is 156 g/mol. The molecule has 2 fully saturated rings. The summed E-state index contributed by atoms with van der Waals surface area (Å²) in [5.74, 6) is 0.991. The predicted molar refractivity (Wildman–Crippen MR) is 57.7 cm³/mol. The minimum atomic E-state index is 0.707. The number of rotatable bonds is 2. The number of hydrogen-bond donors (Lipinski definition) is 0. The first-order chi connectivity index (χ1) is 6.15. The maximum Gasteiger partial charge on any atom is -0.0244 e. The Hall–Kier alpha value is 0. The number of hydrogen-bond acceptors (Lipinski definition) is 0. The molecule has 0 heterocycles. The van der Waals surface area contributed by atoms with E-state index < -0.39 is 0 Å². The van der Waals surface area contributed by atoms with Gasteiger partial charge in [-0.25, -0.2) is 0 Å². The summed E-state index contributed by atoms with van der Waals surface area (Å²) in [7, 11) is 0. The minimum Gasteiger partial charge on any atom is -0.0648 e. The fraction of sp³-hybridized carbons (Fsp3) is 1.00. The summed E-state index contributed by atoms with van der Waals surface area (Å²) < 4.78 is 0. The lowest BCUT2D eigenvalue weighted by Gasteiger charge is -2.57. The summed E-state index contributed by atoms with van der Waals surface area (Å²) in [5, 5.41) is 0. The van der Waals surface area contributed by atoms with Crippen LogP contribution in [0.3, 0.4) is 0 Å². The smallest absolute Gasteiger partial charge is 0.0244 e. The Kier molecular flexibility index (Phi) is 2.20. The van der Waals surface area contributed by atoms with Gasteiger partial charge in [-0.3, -0.25) is 0 Å². The Morgan fingerprint density at radius 2 is 1.77 bits per heavy atom. The Labute approximate surface area is 83.1 Å². The third-order valence-corrected chi connectivity index (χ3v) is 5.63. The first-order valence-electron chi connectivity index (χ1n) is 6.15. The van der Waals surface area contributed by atoms with Crippen LogP contribution in [-0.4, -0.2) is 0 Å². The Morgan fingerprint density at radius 1 is 1.15 bits per heavy atom. The highest BCUT2D eigenvalue weighted by Gasteiger charge is 2.54. The van der Waals surface area contributed by atoms with Crippen LogP contribution in [0.1, 0.15) is 65.7 Å². The van der Waals surface area contributed by atoms with Crippen molar-refractivity contribution >= 4 is 0 Å². The van der Waals surface area contributed by atoms with Crippen LogP contribution >= 0.6 is 0 Å². The summed E-state index contributed by atoms with van der Waals surface area (Å²) in [6.45, 7) is 7.46. The second-order valence-corrected chi connectivity index (χ2v) is 5.70. The average Bonchev–Trinajstić information content (AvgIpc) is 2.64. The van der Waals surface area contributed by atoms with Gasteiger partial charge in [0.05, 0.1) is 0 Å². The third-order valence-electron chi connectivity index (χ3n) is 5.63. The standard InChI is InChI=1S/C13H24/c1-4-13(8-5-6-9-13)12(3)10-7-11(12)2/h11H,4-10H2,1-3H3. The van der Waals surface area contributed by atoms with E-state index in [0.717, 1.165) is 11.3 Å². The highest BCUT2D eigenvalue weighted by atomic mass is 14.6. The monoisotopic (exact) mass is 180 g/mol. The second-order valence-electron chi connectivity index (χ2n) is 5.70. The largest absolute Gasteiger partial charge is 0.0648 e. The molecule has 13 heavy (non-hydrogen) atoms. The van der Waals surface area contributed by atoms with E-state index in [-0.39, 0.29) is 0 Å². The zero-order valence-corrected chi connectivity index (χ0v) is 9.53. The molecule has 2 saturated carbocycles. The lowest BCUT2D eigenvalue weighted by atomic mass is 9.47. The van der Waals surface area contributed by atoms with E-state index in [0.29, 0.717) is 5.41 Å². The highest BCUT2D eigenvalue weighted by molar-refractivity contribution is 5.04. The average molecular weight is 180 g/mol. The highest BCUT2D eigenvalue weighted by Crippen LogP contribution is 2.64. The van der Waals surface area contributed by atoms with Crippen molar-refractivity contribution in [3.8, 4) is 0 Å². The van der Waals surface area contributed by atoms with Crippen LogP contribution in [-0.2, 0) is 0 Å². The SMILES string of the molecule is CCC1(C2(C)CCC2C)CCCC1. The van der Waals surface area contributed by atoms with Crippen molar-refractivity contribution in [3.63, 3.8) is 0 Å².